The lowest BCUT2D eigenvalue weighted by Gasteiger charge is -1.97. The lowest BCUT2D eigenvalue weighted by atomic mass is 10.1. The van der Waals surface area contributed by atoms with E-state index in [1.54, 1.807) is 0 Å². The van der Waals surface area contributed by atoms with E-state index in [0.29, 0.717) is 0 Å². The molecule has 1 rings (SSSR count). The Morgan fingerprint density at radius 3 is 2.64 bits per heavy atom. The summed E-state index contributed by atoms with van der Waals surface area (Å²) >= 11 is 0. The molecule has 0 aliphatic rings. The van der Waals surface area contributed by atoms with Crippen LogP contribution in [0.4, 0.5) is 0 Å². The standard InChI is InChI=1S/C10H15N/c1-4-8-7-11-10(6-3)9(8)5-2/h6-7,11H,3-5H2,1-2H3. The fourth-order valence-corrected chi connectivity index (χ4v) is 1.43. The number of H-pyrrole nitrogens is 1. The lowest BCUT2D eigenvalue weighted by Crippen LogP contribution is -1.86. The first-order valence-electron chi connectivity index (χ1n) is 4.15. The van der Waals surface area contributed by atoms with Gasteiger partial charge in [0.25, 0.3) is 0 Å². The summed E-state index contributed by atoms with van der Waals surface area (Å²) in [5, 5.41) is 0. The molecule has 0 saturated heterocycles. The molecule has 0 unspecified atom stereocenters. The first kappa shape index (κ1) is 8.12. The van der Waals surface area contributed by atoms with Crippen molar-refractivity contribution in [3.8, 4) is 0 Å². The average molecular weight is 149 g/mol. The van der Waals surface area contributed by atoms with Crippen LogP contribution in [0, 0.1) is 0 Å². The van der Waals surface area contributed by atoms with E-state index in [0.717, 1.165) is 12.8 Å². The molecule has 0 aliphatic heterocycles. The summed E-state index contributed by atoms with van der Waals surface area (Å²) in [6, 6.07) is 0. The number of hydrogen-bond acceptors (Lipinski definition) is 0. The second-order valence-electron chi connectivity index (χ2n) is 2.62. The number of nitrogens with one attached hydrogen (secondary N) is 1. The Morgan fingerprint density at radius 2 is 2.18 bits per heavy atom. The minimum Gasteiger partial charge on any atom is -0.361 e. The zero-order valence-electron chi connectivity index (χ0n) is 7.28. The molecule has 0 atom stereocenters. The summed E-state index contributed by atoms with van der Waals surface area (Å²) in [5.41, 5.74) is 4.02. The van der Waals surface area contributed by atoms with E-state index in [4.69, 9.17) is 0 Å². The highest BCUT2D eigenvalue weighted by Crippen LogP contribution is 2.15. The third-order valence-electron chi connectivity index (χ3n) is 2.05. The van der Waals surface area contributed by atoms with Gasteiger partial charge < -0.3 is 4.98 Å². The van der Waals surface area contributed by atoms with Crippen LogP contribution in [0.2, 0.25) is 0 Å². The molecule has 0 saturated carbocycles. The summed E-state index contributed by atoms with van der Waals surface area (Å²) < 4.78 is 0. The van der Waals surface area contributed by atoms with Gasteiger partial charge >= 0.3 is 0 Å². The van der Waals surface area contributed by atoms with E-state index >= 15 is 0 Å². The molecule has 60 valence electrons. The topological polar surface area (TPSA) is 15.8 Å². The van der Waals surface area contributed by atoms with Gasteiger partial charge in [0.2, 0.25) is 0 Å². The van der Waals surface area contributed by atoms with Crippen molar-refractivity contribution in [2.75, 3.05) is 0 Å². The summed E-state index contributed by atoms with van der Waals surface area (Å²) in [7, 11) is 0. The van der Waals surface area contributed by atoms with Crippen molar-refractivity contribution < 1.29 is 0 Å². The van der Waals surface area contributed by atoms with E-state index in [2.05, 4.69) is 31.6 Å². The zero-order chi connectivity index (χ0) is 8.27. The van der Waals surface area contributed by atoms with Gasteiger partial charge in [0.15, 0.2) is 0 Å². The number of hydrogen-bond donors (Lipinski definition) is 1. The molecule has 0 bridgehead atoms. The van der Waals surface area contributed by atoms with E-state index < -0.39 is 0 Å². The molecule has 0 aliphatic carbocycles. The maximum atomic E-state index is 3.76. The minimum atomic E-state index is 1.09. The Labute approximate surface area is 68.1 Å². The van der Waals surface area contributed by atoms with Gasteiger partial charge in [-0.3, -0.25) is 0 Å². The highest BCUT2D eigenvalue weighted by molar-refractivity contribution is 5.50. The van der Waals surface area contributed by atoms with Crippen LogP contribution in [0.25, 0.3) is 6.08 Å². The molecule has 0 radical (unpaired) electrons. The van der Waals surface area contributed by atoms with E-state index in [-0.39, 0.29) is 0 Å². The first-order chi connectivity index (χ1) is 5.33. The number of aryl methyl sites for hydroxylation is 1. The molecule has 1 nitrogen and oxygen atoms in total. The van der Waals surface area contributed by atoms with Crippen LogP contribution in [0.1, 0.15) is 30.7 Å². The second-order valence-corrected chi connectivity index (χ2v) is 2.62. The molecule has 11 heavy (non-hydrogen) atoms. The molecule has 1 aromatic rings. The monoisotopic (exact) mass is 149 g/mol. The maximum Gasteiger partial charge on any atom is 0.0409 e. The van der Waals surface area contributed by atoms with Crippen LogP contribution >= 0.6 is 0 Å². The zero-order valence-corrected chi connectivity index (χ0v) is 7.28. The Morgan fingerprint density at radius 1 is 1.45 bits per heavy atom. The largest absolute Gasteiger partial charge is 0.361 e. The van der Waals surface area contributed by atoms with Crippen molar-refractivity contribution in [3.63, 3.8) is 0 Å². The summed E-state index contributed by atoms with van der Waals surface area (Å²) in [6.45, 7) is 8.11. The lowest BCUT2D eigenvalue weighted by molar-refractivity contribution is 1.05. The molecule has 1 heteroatoms. The third-order valence-corrected chi connectivity index (χ3v) is 2.05. The third kappa shape index (κ3) is 1.37. The van der Waals surface area contributed by atoms with Gasteiger partial charge in [-0.05, 0) is 30.0 Å². The van der Waals surface area contributed by atoms with Crippen molar-refractivity contribution >= 4 is 6.08 Å². The Kier molecular flexibility index (Phi) is 2.53. The van der Waals surface area contributed by atoms with Gasteiger partial charge in [0.1, 0.15) is 0 Å². The first-order valence-corrected chi connectivity index (χ1v) is 4.15. The fourth-order valence-electron chi connectivity index (χ4n) is 1.43. The summed E-state index contributed by atoms with van der Waals surface area (Å²) in [6.07, 6.45) is 6.16. The van der Waals surface area contributed by atoms with Crippen molar-refractivity contribution in [2.24, 2.45) is 0 Å². The maximum absolute atomic E-state index is 3.76. The molecule has 0 aromatic carbocycles. The molecule has 1 N–H and O–H groups in total. The molecule has 1 aromatic heterocycles. The SMILES string of the molecule is C=Cc1[nH]cc(CC)c1CC. The van der Waals surface area contributed by atoms with Crippen LogP contribution in [0.5, 0.6) is 0 Å². The van der Waals surface area contributed by atoms with Gasteiger partial charge in [-0.2, -0.15) is 0 Å². The Balaban J connectivity index is 3.08. The fraction of sp³-hybridized carbons (Fsp3) is 0.400. The van der Waals surface area contributed by atoms with Crippen molar-refractivity contribution in [1.82, 2.24) is 4.98 Å². The van der Waals surface area contributed by atoms with Crippen molar-refractivity contribution in [1.29, 1.82) is 0 Å². The molecule has 0 amide bonds. The molecular weight excluding hydrogens is 134 g/mol. The van der Waals surface area contributed by atoms with Gasteiger partial charge in [-0.1, -0.05) is 20.4 Å². The van der Waals surface area contributed by atoms with Gasteiger partial charge in [0.05, 0.1) is 0 Å². The average Bonchev–Trinajstić information content (AvgIpc) is 2.45. The Bertz CT molecular complexity index is 245. The molecular formula is C10H15N. The number of aromatic amines is 1. The van der Waals surface area contributed by atoms with Gasteiger partial charge in [-0.25, -0.2) is 0 Å². The predicted octanol–water partition coefficient (Wildman–Crippen LogP) is 2.78. The number of aromatic nitrogens is 1. The van der Waals surface area contributed by atoms with Crippen LogP contribution in [0.15, 0.2) is 12.8 Å². The number of rotatable bonds is 3. The normalized spacial score (nSPS) is 10.0. The molecule has 0 spiro atoms. The molecule has 1 heterocycles. The van der Waals surface area contributed by atoms with Gasteiger partial charge in [0, 0.05) is 11.9 Å². The smallest absolute Gasteiger partial charge is 0.0409 e. The van der Waals surface area contributed by atoms with Crippen LogP contribution in [0.3, 0.4) is 0 Å². The summed E-state index contributed by atoms with van der Waals surface area (Å²) in [5.74, 6) is 0. The van der Waals surface area contributed by atoms with Crippen LogP contribution in [-0.4, -0.2) is 4.98 Å². The minimum absolute atomic E-state index is 1.09. The van der Waals surface area contributed by atoms with Crippen LogP contribution in [-0.2, 0) is 12.8 Å². The van der Waals surface area contributed by atoms with Gasteiger partial charge in [-0.15, -0.1) is 0 Å². The van der Waals surface area contributed by atoms with Crippen molar-refractivity contribution in [3.05, 3.63) is 29.6 Å². The Hall–Kier alpha value is -0.980. The highest BCUT2D eigenvalue weighted by Gasteiger charge is 2.03. The van der Waals surface area contributed by atoms with Crippen molar-refractivity contribution in [2.45, 2.75) is 26.7 Å². The highest BCUT2D eigenvalue weighted by atomic mass is 14.7. The van der Waals surface area contributed by atoms with E-state index in [1.807, 2.05) is 6.08 Å². The quantitative estimate of drug-likeness (QED) is 0.680. The van der Waals surface area contributed by atoms with E-state index in [9.17, 15) is 0 Å². The molecule has 0 fully saturated rings. The summed E-state index contributed by atoms with van der Waals surface area (Å²) in [4.78, 5) is 3.21. The predicted molar refractivity (Wildman–Crippen MR) is 49.6 cm³/mol. The van der Waals surface area contributed by atoms with E-state index in [1.165, 1.54) is 16.8 Å². The van der Waals surface area contributed by atoms with Crippen LogP contribution < -0.4 is 0 Å². The second kappa shape index (κ2) is 3.42.